The molecule has 92 valence electrons. The van der Waals surface area contributed by atoms with Gasteiger partial charge in [0.1, 0.15) is 0 Å². The molecule has 17 heavy (non-hydrogen) atoms. The molecule has 1 unspecified atom stereocenters. The van der Waals surface area contributed by atoms with Gasteiger partial charge in [-0.25, -0.2) is 0 Å². The number of carbonyl (C=O) groups is 1. The number of likely N-dealkylation sites (tertiary alicyclic amines) is 1. The van der Waals surface area contributed by atoms with Crippen LogP contribution in [0.15, 0.2) is 18.2 Å². The first-order valence-electron chi connectivity index (χ1n) is 5.85. The van der Waals surface area contributed by atoms with Gasteiger partial charge in [0.25, 0.3) is 0 Å². The fraction of sp³-hybridized carbons (Fsp3) is 0.462. The first kappa shape index (κ1) is 12.4. The molecule has 1 aromatic rings. The van der Waals surface area contributed by atoms with Crippen LogP contribution in [-0.2, 0) is 4.79 Å². The molecular weight excluding hydrogens is 236 g/mol. The Hall–Kier alpha value is -1.06. The molecule has 1 atom stereocenters. The maximum Gasteiger partial charge on any atom is 0.241 e. The molecule has 4 heteroatoms. The first-order valence-corrected chi connectivity index (χ1v) is 6.23. The molecule has 1 fully saturated rings. The highest BCUT2D eigenvalue weighted by atomic mass is 35.5. The van der Waals surface area contributed by atoms with E-state index in [1.165, 1.54) is 0 Å². The van der Waals surface area contributed by atoms with Crippen LogP contribution in [0.5, 0.6) is 0 Å². The highest BCUT2D eigenvalue weighted by Gasteiger charge is 2.27. The normalized spacial score (nSPS) is 20.5. The van der Waals surface area contributed by atoms with Crippen LogP contribution in [0.3, 0.4) is 0 Å². The number of nitrogens with zero attached hydrogens (tertiary/aromatic N) is 1. The summed E-state index contributed by atoms with van der Waals surface area (Å²) >= 11 is 5.93. The number of rotatable bonds is 2. The minimum Gasteiger partial charge on any atom is -0.324 e. The van der Waals surface area contributed by atoms with Gasteiger partial charge in [0.2, 0.25) is 5.91 Å². The number of carbonyl (C=O) groups excluding carboxylic acids is 1. The summed E-state index contributed by atoms with van der Waals surface area (Å²) in [6.07, 6.45) is 2.02. The largest absolute Gasteiger partial charge is 0.324 e. The molecular formula is C13H17ClN2O. The molecule has 0 bridgehead atoms. The zero-order valence-corrected chi connectivity index (χ0v) is 10.9. The Morgan fingerprint density at radius 1 is 1.53 bits per heavy atom. The average Bonchev–Trinajstić information content (AvgIpc) is 2.70. The van der Waals surface area contributed by atoms with Gasteiger partial charge in [0, 0.05) is 10.7 Å². The molecule has 1 aromatic carbocycles. The second kappa shape index (κ2) is 5.07. The molecule has 1 saturated heterocycles. The Balaban J connectivity index is 2.10. The number of nitrogens with one attached hydrogen (secondary N) is 1. The van der Waals surface area contributed by atoms with Gasteiger partial charge < -0.3 is 5.32 Å². The topological polar surface area (TPSA) is 32.3 Å². The van der Waals surface area contributed by atoms with E-state index in [0.29, 0.717) is 5.02 Å². The van der Waals surface area contributed by atoms with E-state index in [0.717, 1.165) is 30.6 Å². The molecule has 1 aliphatic heterocycles. The van der Waals surface area contributed by atoms with Crippen molar-refractivity contribution in [3.05, 3.63) is 28.8 Å². The standard InChI is InChI=1S/C13H17ClN2O/c1-9-5-6-10(14)8-11(9)15-13(17)12-4-3-7-16(12)2/h5-6,8,12H,3-4,7H2,1-2H3,(H,15,17). The summed E-state index contributed by atoms with van der Waals surface area (Å²) < 4.78 is 0. The summed E-state index contributed by atoms with van der Waals surface area (Å²) in [4.78, 5) is 14.2. The van der Waals surface area contributed by atoms with Gasteiger partial charge in [-0.15, -0.1) is 0 Å². The van der Waals surface area contributed by atoms with Gasteiger partial charge in [-0.2, -0.15) is 0 Å². The molecule has 0 aromatic heterocycles. The lowest BCUT2D eigenvalue weighted by molar-refractivity contribution is -0.119. The van der Waals surface area contributed by atoms with Crippen molar-refractivity contribution in [3.63, 3.8) is 0 Å². The summed E-state index contributed by atoms with van der Waals surface area (Å²) in [5, 5.41) is 3.60. The Labute approximate surface area is 107 Å². The Kier molecular flexibility index (Phi) is 3.69. The molecule has 1 heterocycles. The summed E-state index contributed by atoms with van der Waals surface area (Å²) in [6, 6.07) is 5.53. The van der Waals surface area contributed by atoms with Crippen molar-refractivity contribution in [3.8, 4) is 0 Å². The van der Waals surface area contributed by atoms with Gasteiger partial charge in [0.15, 0.2) is 0 Å². The van der Waals surface area contributed by atoms with E-state index in [4.69, 9.17) is 11.6 Å². The van der Waals surface area contributed by atoms with E-state index in [1.54, 1.807) is 6.07 Å². The van der Waals surface area contributed by atoms with Gasteiger partial charge >= 0.3 is 0 Å². The predicted molar refractivity (Wildman–Crippen MR) is 70.5 cm³/mol. The van der Waals surface area contributed by atoms with Crippen LogP contribution in [0.1, 0.15) is 18.4 Å². The van der Waals surface area contributed by atoms with Crippen molar-refractivity contribution < 1.29 is 4.79 Å². The number of anilines is 1. The molecule has 0 aliphatic carbocycles. The van der Waals surface area contributed by atoms with Gasteiger partial charge in [-0.3, -0.25) is 9.69 Å². The van der Waals surface area contributed by atoms with E-state index in [2.05, 4.69) is 10.2 Å². The number of amides is 1. The zero-order chi connectivity index (χ0) is 12.4. The van der Waals surface area contributed by atoms with Crippen molar-refractivity contribution in [2.75, 3.05) is 18.9 Å². The SMILES string of the molecule is Cc1ccc(Cl)cc1NC(=O)C1CCCN1C. The number of hydrogen-bond acceptors (Lipinski definition) is 2. The molecule has 0 spiro atoms. The van der Waals surface area contributed by atoms with Crippen molar-refractivity contribution in [2.45, 2.75) is 25.8 Å². The van der Waals surface area contributed by atoms with Crippen molar-refractivity contribution in [1.82, 2.24) is 4.90 Å². The number of likely N-dealkylation sites (N-methyl/N-ethyl adjacent to an activating group) is 1. The van der Waals surface area contributed by atoms with Crippen LogP contribution in [0, 0.1) is 6.92 Å². The van der Waals surface area contributed by atoms with E-state index in [9.17, 15) is 4.79 Å². The summed E-state index contributed by atoms with van der Waals surface area (Å²) in [7, 11) is 1.99. The first-order chi connectivity index (χ1) is 8.08. The average molecular weight is 253 g/mol. The molecule has 3 nitrogen and oxygen atoms in total. The lowest BCUT2D eigenvalue weighted by Crippen LogP contribution is -2.37. The second-order valence-electron chi connectivity index (χ2n) is 4.59. The molecule has 0 radical (unpaired) electrons. The van der Waals surface area contributed by atoms with E-state index >= 15 is 0 Å². The molecule has 1 aliphatic rings. The highest BCUT2D eigenvalue weighted by molar-refractivity contribution is 6.31. The molecule has 1 amide bonds. The van der Waals surface area contributed by atoms with Gasteiger partial charge in [-0.1, -0.05) is 17.7 Å². The number of hydrogen-bond donors (Lipinski definition) is 1. The van der Waals surface area contributed by atoms with Crippen LogP contribution >= 0.6 is 11.6 Å². The predicted octanol–water partition coefficient (Wildman–Crippen LogP) is 2.68. The van der Waals surface area contributed by atoms with Crippen molar-refractivity contribution in [1.29, 1.82) is 0 Å². The fourth-order valence-corrected chi connectivity index (χ4v) is 2.36. The summed E-state index contributed by atoms with van der Waals surface area (Å²) in [5.41, 5.74) is 1.84. The zero-order valence-electron chi connectivity index (χ0n) is 10.2. The summed E-state index contributed by atoms with van der Waals surface area (Å²) in [6.45, 7) is 2.96. The minimum atomic E-state index is -0.00613. The third kappa shape index (κ3) is 2.79. The van der Waals surface area contributed by atoms with Crippen molar-refractivity contribution >= 4 is 23.2 Å². The quantitative estimate of drug-likeness (QED) is 0.878. The van der Waals surface area contributed by atoms with Crippen LogP contribution in [0.25, 0.3) is 0 Å². The third-order valence-corrected chi connectivity index (χ3v) is 3.52. The second-order valence-corrected chi connectivity index (χ2v) is 5.02. The maximum absolute atomic E-state index is 12.1. The number of aryl methyl sites for hydroxylation is 1. The van der Waals surface area contributed by atoms with E-state index in [-0.39, 0.29) is 11.9 Å². The Morgan fingerprint density at radius 3 is 2.94 bits per heavy atom. The Morgan fingerprint density at radius 2 is 2.29 bits per heavy atom. The molecule has 2 rings (SSSR count). The van der Waals surface area contributed by atoms with Crippen molar-refractivity contribution in [2.24, 2.45) is 0 Å². The van der Waals surface area contributed by atoms with Crippen LogP contribution in [0.2, 0.25) is 5.02 Å². The van der Waals surface area contributed by atoms with E-state index < -0.39 is 0 Å². The van der Waals surface area contributed by atoms with Crippen LogP contribution in [0.4, 0.5) is 5.69 Å². The van der Waals surface area contributed by atoms with Crippen LogP contribution < -0.4 is 5.32 Å². The summed E-state index contributed by atoms with van der Waals surface area (Å²) in [5.74, 6) is 0.0652. The van der Waals surface area contributed by atoms with Gasteiger partial charge in [0.05, 0.1) is 6.04 Å². The maximum atomic E-state index is 12.1. The lowest BCUT2D eigenvalue weighted by Gasteiger charge is -2.19. The Bertz CT molecular complexity index is 433. The number of halogens is 1. The molecule has 0 saturated carbocycles. The van der Waals surface area contributed by atoms with Crippen LogP contribution in [-0.4, -0.2) is 30.4 Å². The molecule has 1 N–H and O–H groups in total. The minimum absolute atomic E-state index is 0.00613. The third-order valence-electron chi connectivity index (χ3n) is 3.28. The number of benzene rings is 1. The lowest BCUT2D eigenvalue weighted by atomic mass is 10.1. The smallest absolute Gasteiger partial charge is 0.241 e. The monoisotopic (exact) mass is 252 g/mol. The highest BCUT2D eigenvalue weighted by Crippen LogP contribution is 2.22. The van der Waals surface area contributed by atoms with Gasteiger partial charge in [-0.05, 0) is 51.1 Å². The van der Waals surface area contributed by atoms with E-state index in [1.807, 2.05) is 26.1 Å². The fourth-order valence-electron chi connectivity index (χ4n) is 2.19.